The number of ether oxygens (including phenoxy) is 1. The normalized spacial score (nSPS) is 11.2. The van der Waals surface area contributed by atoms with E-state index in [0.717, 1.165) is 35.0 Å². The molecule has 0 radical (unpaired) electrons. The first kappa shape index (κ1) is 19.0. The second kappa shape index (κ2) is 9.85. The van der Waals surface area contributed by atoms with Crippen molar-refractivity contribution in [2.75, 3.05) is 13.2 Å². The summed E-state index contributed by atoms with van der Waals surface area (Å²) in [5.41, 5.74) is 1.01. The first-order chi connectivity index (χ1) is 10.4. The van der Waals surface area contributed by atoms with Crippen LogP contribution in [0.2, 0.25) is 0 Å². The molecule has 0 aromatic heterocycles. The van der Waals surface area contributed by atoms with E-state index in [2.05, 4.69) is 22.9 Å². The molecule has 0 aliphatic carbocycles. The Labute approximate surface area is 141 Å². The second-order valence-electron chi connectivity index (χ2n) is 5.70. The molecule has 0 saturated heterocycles. The number of nitrogens with zero attached hydrogens (tertiary/aromatic N) is 1. The van der Waals surface area contributed by atoms with Crippen molar-refractivity contribution >= 4 is 21.9 Å². The van der Waals surface area contributed by atoms with Gasteiger partial charge in [-0.3, -0.25) is 9.69 Å². The van der Waals surface area contributed by atoms with Crippen LogP contribution in [0.25, 0.3) is 0 Å². The van der Waals surface area contributed by atoms with E-state index >= 15 is 0 Å². The molecular formula is C17H26BrNO3. The highest BCUT2D eigenvalue weighted by Crippen LogP contribution is 2.25. The van der Waals surface area contributed by atoms with Crippen molar-refractivity contribution in [2.24, 2.45) is 0 Å². The fraction of sp³-hybridized carbons (Fsp3) is 0.588. The Kier molecular flexibility index (Phi) is 8.49. The highest BCUT2D eigenvalue weighted by molar-refractivity contribution is 9.10. The van der Waals surface area contributed by atoms with E-state index in [1.54, 1.807) is 0 Å². The predicted molar refractivity (Wildman–Crippen MR) is 92.3 cm³/mol. The van der Waals surface area contributed by atoms with E-state index in [4.69, 9.17) is 9.84 Å². The van der Waals surface area contributed by atoms with Crippen LogP contribution in [0.5, 0.6) is 5.75 Å². The van der Waals surface area contributed by atoms with Gasteiger partial charge >= 0.3 is 5.97 Å². The van der Waals surface area contributed by atoms with Gasteiger partial charge in [0, 0.05) is 22.6 Å². The lowest BCUT2D eigenvalue weighted by atomic mass is 10.1. The highest BCUT2D eigenvalue weighted by atomic mass is 79.9. The summed E-state index contributed by atoms with van der Waals surface area (Å²) in [5, 5.41) is 9.05. The maximum absolute atomic E-state index is 11.0. The zero-order valence-electron chi connectivity index (χ0n) is 13.6. The van der Waals surface area contributed by atoms with Crippen molar-refractivity contribution in [3.63, 3.8) is 0 Å². The zero-order valence-corrected chi connectivity index (χ0v) is 15.2. The quantitative estimate of drug-likeness (QED) is 0.622. The Bertz CT molecular complexity index is 477. The fourth-order valence-corrected chi connectivity index (χ4v) is 2.57. The number of carboxylic acids is 1. The molecular weight excluding hydrogens is 346 g/mol. The molecule has 5 heteroatoms. The van der Waals surface area contributed by atoms with Gasteiger partial charge in [0.05, 0.1) is 13.2 Å². The monoisotopic (exact) mass is 371 g/mol. The van der Waals surface area contributed by atoms with E-state index in [-0.39, 0.29) is 12.6 Å². The highest BCUT2D eigenvalue weighted by Gasteiger charge is 2.16. The van der Waals surface area contributed by atoms with Crippen LogP contribution < -0.4 is 4.74 Å². The Morgan fingerprint density at radius 3 is 2.68 bits per heavy atom. The minimum Gasteiger partial charge on any atom is -0.493 e. The summed E-state index contributed by atoms with van der Waals surface area (Å²) in [7, 11) is 0. The van der Waals surface area contributed by atoms with Crippen molar-refractivity contribution in [1.29, 1.82) is 0 Å². The Morgan fingerprint density at radius 2 is 2.09 bits per heavy atom. The van der Waals surface area contributed by atoms with E-state index in [0.29, 0.717) is 13.2 Å². The van der Waals surface area contributed by atoms with Gasteiger partial charge in [-0.05, 0) is 38.5 Å². The second-order valence-corrected chi connectivity index (χ2v) is 6.62. The minimum absolute atomic E-state index is 0.0272. The van der Waals surface area contributed by atoms with Crippen LogP contribution in [-0.2, 0) is 11.3 Å². The number of hydrogen-bond donors (Lipinski definition) is 1. The molecule has 0 aliphatic heterocycles. The van der Waals surface area contributed by atoms with Gasteiger partial charge in [-0.25, -0.2) is 0 Å². The van der Waals surface area contributed by atoms with Crippen molar-refractivity contribution < 1.29 is 14.6 Å². The predicted octanol–water partition coefficient (Wildman–Crippen LogP) is 4.31. The minimum atomic E-state index is -0.811. The van der Waals surface area contributed by atoms with E-state index in [1.807, 2.05) is 36.9 Å². The number of unbranched alkanes of at least 4 members (excludes halogenated alkanes) is 2. The molecule has 1 aromatic rings. The van der Waals surface area contributed by atoms with Crippen LogP contribution in [0.4, 0.5) is 0 Å². The third-order valence-electron chi connectivity index (χ3n) is 3.47. The molecule has 1 rings (SSSR count). The maximum atomic E-state index is 11.0. The van der Waals surface area contributed by atoms with Crippen molar-refractivity contribution in [1.82, 2.24) is 4.90 Å². The Hall–Kier alpha value is -1.07. The Balaban J connectivity index is 2.81. The summed E-state index contributed by atoms with van der Waals surface area (Å²) >= 11 is 3.48. The molecule has 1 N–H and O–H groups in total. The smallest absolute Gasteiger partial charge is 0.317 e. The molecule has 0 amide bonds. The van der Waals surface area contributed by atoms with Crippen molar-refractivity contribution in [3.05, 3.63) is 28.2 Å². The van der Waals surface area contributed by atoms with E-state index in [1.165, 1.54) is 0 Å². The van der Waals surface area contributed by atoms with Gasteiger partial charge in [-0.15, -0.1) is 0 Å². The number of halogens is 1. The van der Waals surface area contributed by atoms with Crippen molar-refractivity contribution in [2.45, 2.75) is 52.6 Å². The molecule has 1 aromatic carbocycles. The van der Waals surface area contributed by atoms with Gasteiger partial charge in [-0.1, -0.05) is 35.7 Å². The maximum Gasteiger partial charge on any atom is 0.317 e. The number of carboxylic acid groups (broad SMARTS) is 1. The first-order valence-electron chi connectivity index (χ1n) is 7.81. The molecule has 0 atom stereocenters. The summed E-state index contributed by atoms with van der Waals surface area (Å²) in [6, 6.07) is 6.06. The van der Waals surface area contributed by atoms with Crippen molar-refractivity contribution in [3.8, 4) is 5.75 Å². The molecule has 124 valence electrons. The van der Waals surface area contributed by atoms with Crippen LogP contribution in [-0.4, -0.2) is 35.2 Å². The SMILES string of the molecule is CCCCCOc1ccc(Br)cc1CN(CC(=O)O)C(C)C. The number of aliphatic carboxylic acids is 1. The van der Waals surface area contributed by atoms with Crippen LogP contribution in [0.15, 0.2) is 22.7 Å². The molecule has 0 unspecified atom stereocenters. The van der Waals surface area contributed by atoms with Gasteiger partial charge in [0.2, 0.25) is 0 Å². The molecule has 0 heterocycles. The van der Waals surface area contributed by atoms with Crippen LogP contribution in [0, 0.1) is 0 Å². The van der Waals surface area contributed by atoms with Gasteiger partial charge < -0.3 is 9.84 Å². The number of rotatable bonds is 10. The van der Waals surface area contributed by atoms with Gasteiger partial charge in [0.15, 0.2) is 0 Å². The fourth-order valence-electron chi connectivity index (χ4n) is 2.16. The average molecular weight is 372 g/mol. The molecule has 0 bridgehead atoms. The zero-order chi connectivity index (χ0) is 16.5. The van der Waals surface area contributed by atoms with Crippen LogP contribution >= 0.6 is 15.9 Å². The summed E-state index contributed by atoms with van der Waals surface area (Å²) in [6.07, 6.45) is 3.36. The van der Waals surface area contributed by atoms with Gasteiger partial charge in [-0.2, -0.15) is 0 Å². The summed E-state index contributed by atoms with van der Waals surface area (Å²) in [6.45, 7) is 7.46. The third-order valence-corrected chi connectivity index (χ3v) is 3.96. The molecule has 0 saturated carbocycles. The Morgan fingerprint density at radius 1 is 1.36 bits per heavy atom. The number of hydrogen-bond acceptors (Lipinski definition) is 3. The summed E-state index contributed by atoms with van der Waals surface area (Å²) < 4.78 is 6.86. The van der Waals surface area contributed by atoms with E-state index < -0.39 is 5.97 Å². The molecule has 4 nitrogen and oxygen atoms in total. The average Bonchev–Trinajstić information content (AvgIpc) is 2.44. The molecule has 0 fully saturated rings. The third kappa shape index (κ3) is 6.79. The topological polar surface area (TPSA) is 49.8 Å². The standard InChI is InChI=1S/C17H26BrNO3/c1-4-5-6-9-22-16-8-7-15(18)10-14(16)11-19(13(2)3)12-17(20)21/h7-8,10,13H,4-6,9,11-12H2,1-3H3,(H,20,21). The van der Waals surface area contributed by atoms with Gasteiger partial charge in [0.1, 0.15) is 5.75 Å². The lowest BCUT2D eigenvalue weighted by molar-refractivity contribution is -0.138. The first-order valence-corrected chi connectivity index (χ1v) is 8.60. The molecule has 0 aliphatic rings. The van der Waals surface area contributed by atoms with Gasteiger partial charge in [0.25, 0.3) is 0 Å². The van der Waals surface area contributed by atoms with E-state index in [9.17, 15) is 4.79 Å². The summed E-state index contributed by atoms with van der Waals surface area (Å²) in [5.74, 6) is 0.0319. The summed E-state index contributed by atoms with van der Waals surface area (Å²) in [4.78, 5) is 12.9. The lowest BCUT2D eigenvalue weighted by Gasteiger charge is -2.25. The molecule has 0 spiro atoms. The largest absolute Gasteiger partial charge is 0.493 e. The number of carbonyl (C=O) groups is 1. The lowest BCUT2D eigenvalue weighted by Crippen LogP contribution is -2.35. The number of benzene rings is 1. The molecule has 22 heavy (non-hydrogen) atoms. The van der Waals surface area contributed by atoms with Crippen LogP contribution in [0.1, 0.15) is 45.6 Å². The van der Waals surface area contributed by atoms with Crippen LogP contribution in [0.3, 0.4) is 0 Å².